The Kier molecular flexibility index (Phi) is 6.70. The third kappa shape index (κ3) is 5.06. The van der Waals surface area contributed by atoms with Crippen LogP contribution in [0.3, 0.4) is 0 Å². The maximum Gasteiger partial charge on any atom is 0.147 e. The predicted molar refractivity (Wildman–Crippen MR) is 94.5 cm³/mol. The molecule has 1 rings (SSSR count). The Bertz CT molecular complexity index is 481. The van der Waals surface area contributed by atoms with Crippen molar-refractivity contribution in [3.8, 4) is 5.75 Å². The van der Waals surface area contributed by atoms with Gasteiger partial charge in [0, 0.05) is 12.1 Å². The fraction of sp³-hybridized carbons (Fsp3) is 0.273. The monoisotopic (exact) mass is 333 g/mol. The first-order valence-corrected chi connectivity index (χ1v) is 7.05. The molecule has 4 nitrogen and oxygen atoms in total. The zero-order valence-electron chi connectivity index (χ0n) is 10.2. The summed E-state index contributed by atoms with van der Waals surface area (Å²) in [6, 6.07) is 5.35. The number of anilines is 1. The zero-order valence-corrected chi connectivity index (χ0v) is 13.6. The van der Waals surface area contributed by atoms with Crippen LogP contribution < -0.4 is 21.1 Å². The lowest BCUT2D eigenvalue weighted by molar-refractivity contribution is 0.406. The number of nitrogens with one attached hydrogen (secondary N) is 2. The van der Waals surface area contributed by atoms with Crippen LogP contribution in [0.1, 0.15) is 11.6 Å². The number of nitrogens with two attached hydrogens (primary N) is 1. The summed E-state index contributed by atoms with van der Waals surface area (Å²) in [6.07, 6.45) is 0. The average Bonchev–Trinajstić information content (AvgIpc) is 2.33. The van der Waals surface area contributed by atoms with E-state index in [4.69, 9.17) is 34.9 Å². The molecule has 1 unspecified atom stereocenters. The molecule has 0 aromatic heterocycles. The Labute approximate surface area is 134 Å². The Morgan fingerprint density at radius 2 is 2.05 bits per heavy atom. The van der Waals surface area contributed by atoms with Crippen LogP contribution in [0.25, 0.3) is 0 Å². The van der Waals surface area contributed by atoms with Gasteiger partial charge < -0.3 is 21.1 Å². The third-order valence-corrected chi connectivity index (χ3v) is 2.96. The molecule has 104 valence electrons. The number of hydrogen-bond donors (Lipinski definition) is 5. The zero-order chi connectivity index (χ0) is 14.4. The number of hydrogen-bond acceptors (Lipinski definition) is 4. The molecule has 0 amide bonds. The van der Waals surface area contributed by atoms with E-state index >= 15 is 0 Å². The lowest BCUT2D eigenvalue weighted by Crippen LogP contribution is -2.34. The van der Waals surface area contributed by atoms with Gasteiger partial charge in [-0.15, -0.1) is 25.3 Å². The number of methoxy groups -OCH3 is 1. The van der Waals surface area contributed by atoms with Crippen LogP contribution in [0.2, 0.25) is 0 Å². The molecule has 0 spiro atoms. The van der Waals surface area contributed by atoms with Gasteiger partial charge in [-0.2, -0.15) is 0 Å². The number of rotatable bonds is 5. The fourth-order valence-corrected chi connectivity index (χ4v) is 2.13. The van der Waals surface area contributed by atoms with Gasteiger partial charge in [0.05, 0.1) is 18.8 Å². The standard InChI is InChI=1S/C11H15N3OS4/c1-15-9-6(3-2-4-7(9)12)8(14-11(18)19)5-13-10(16)17/h2-4,8H,5,12H2,1H3,(H2,13,16,17)(H2,14,18,19). The molecule has 1 aromatic rings. The Morgan fingerprint density at radius 1 is 1.37 bits per heavy atom. The summed E-state index contributed by atoms with van der Waals surface area (Å²) in [6.45, 7) is 0.489. The van der Waals surface area contributed by atoms with Gasteiger partial charge in [-0.1, -0.05) is 36.6 Å². The van der Waals surface area contributed by atoms with Crippen LogP contribution in [0, 0.1) is 0 Å². The van der Waals surface area contributed by atoms with Crippen molar-refractivity contribution in [3.63, 3.8) is 0 Å². The van der Waals surface area contributed by atoms with E-state index in [1.807, 2.05) is 12.1 Å². The first kappa shape index (κ1) is 16.4. The van der Waals surface area contributed by atoms with Crippen LogP contribution in [-0.4, -0.2) is 22.3 Å². The molecule has 0 aliphatic heterocycles. The molecule has 0 bridgehead atoms. The summed E-state index contributed by atoms with van der Waals surface area (Å²) in [5.74, 6) is 0.608. The first-order valence-electron chi connectivity index (χ1n) is 5.34. The third-order valence-electron chi connectivity index (χ3n) is 2.41. The maximum atomic E-state index is 5.89. The number of para-hydroxylation sites is 1. The molecule has 0 fully saturated rings. The van der Waals surface area contributed by atoms with E-state index in [0.717, 1.165) is 5.56 Å². The highest BCUT2D eigenvalue weighted by molar-refractivity contribution is 8.11. The minimum Gasteiger partial charge on any atom is -0.494 e. The van der Waals surface area contributed by atoms with E-state index in [0.29, 0.717) is 26.6 Å². The summed E-state index contributed by atoms with van der Waals surface area (Å²) < 4.78 is 6.11. The van der Waals surface area contributed by atoms with E-state index < -0.39 is 0 Å². The summed E-state index contributed by atoms with van der Waals surface area (Å²) in [5.41, 5.74) is 7.32. The summed E-state index contributed by atoms with van der Waals surface area (Å²) in [5, 5.41) is 6.02. The lowest BCUT2D eigenvalue weighted by atomic mass is 10.0. The highest BCUT2D eigenvalue weighted by atomic mass is 32.1. The summed E-state index contributed by atoms with van der Waals surface area (Å²) >= 11 is 18.0. The van der Waals surface area contributed by atoms with Crippen LogP contribution in [0.4, 0.5) is 5.69 Å². The van der Waals surface area contributed by atoms with Crippen molar-refractivity contribution in [2.45, 2.75) is 6.04 Å². The number of benzene rings is 1. The highest BCUT2D eigenvalue weighted by Crippen LogP contribution is 2.30. The minimum absolute atomic E-state index is 0.173. The highest BCUT2D eigenvalue weighted by Gasteiger charge is 2.18. The largest absolute Gasteiger partial charge is 0.494 e. The van der Waals surface area contributed by atoms with Gasteiger partial charge in [0.15, 0.2) is 0 Å². The number of ether oxygens (including phenoxy) is 1. The van der Waals surface area contributed by atoms with Crippen molar-refractivity contribution in [1.82, 2.24) is 10.6 Å². The average molecular weight is 334 g/mol. The van der Waals surface area contributed by atoms with E-state index in [9.17, 15) is 0 Å². The van der Waals surface area contributed by atoms with Gasteiger partial charge in [-0.05, 0) is 6.07 Å². The van der Waals surface area contributed by atoms with E-state index in [2.05, 4.69) is 35.9 Å². The van der Waals surface area contributed by atoms with E-state index in [1.165, 1.54) is 0 Å². The maximum absolute atomic E-state index is 5.89. The normalized spacial score (nSPS) is 11.5. The number of thiol groups is 2. The molecule has 0 aliphatic rings. The molecule has 0 radical (unpaired) electrons. The fourth-order valence-electron chi connectivity index (χ4n) is 1.66. The van der Waals surface area contributed by atoms with Crippen LogP contribution in [0.5, 0.6) is 5.75 Å². The molecule has 4 N–H and O–H groups in total. The van der Waals surface area contributed by atoms with E-state index in [-0.39, 0.29) is 6.04 Å². The number of nitrogen functional groups attached to an aromatic ring is 1. The minimum atomic E-state index is -0.173. The van der Waals surface area contributed by atoms with Crippen molar-refractivity contribution < 1.29 is 4.74 Å². The summed E-state index contributed by atoms with van der Waals surface area (Å²) in [4.78, 5) is 0. The van der Waals surface area contributed by atoms with Crippen molar-refractivity contribution in [2.24, 2.45) is 0 Å². The van der Waals surface area contributed by atoms with Crippen LogP contribution in [0.15, 0.2) is 18.2 Å². The second-order valence-corrected chi connectivity index (χ2v) is 5.97. The molecular weight excluding hydrogens is 318 g/mol. The quantitative estimate of drug-likeness (QED) is 0.322. The molecule has 0 heterocycles. The molecular formula is C11H15N3OS4. The summed E-state index contributed by atoms with van der Waals surface area (Å²) in [7, 11) is 1.57. The second-order valence-electron chi connectivity index (χ2n) is 3.66. The topological polar surface area (TPSA) is 59.3 Å². The van der Waals surface area contributed by atoms with Crippen LogP contribution >= 0.6 is 49.7 Å². The van der Waals surface area contributed by atoms with Gasteiger partial charge in [-0.25, -0.2) is 0 Å². The lowest BCUT2D eigenvalue weighted by Gasteiger charge is -2.22. The molecule has 1 atom stereocenters. The predicted octanol–water partition coefficient (Wildman–Crippen LogP) is 1.93. The first-order chi connectivity index (χ1) is 8.95. The molecule has 19 heavy (non-hydrogen) atoms. The molecule has 0 aliphatic carbocycles. The van der Waals surface area contributed by atoms with Crippen LogP contribution in [-0.2, 0) is 0 Å². The molecule has 0 saturated carbocycles. The van der Waals surface area contributed by atoms with Crippen molar-refractivity contribution in [3.05, 3.63) is 23.8 Å². The molecule has 8 heteroatoms. The van der Waals surface area contributed by atoms with Gasteiger partial charge in [-0.3, -0.25) is 0 Å². The van der Waals surface area contributed by atoms with Gasteiger partial charge in [0.1, 0.15) is 14.4 Å². The Morgan fingerprint density at radius 3 is 2.58 bits per heavy atom. The smallest absolute Gasteiger partial charge is 0.147 e. The van der Waals surface area contributed by atoms with Crippen molar-refractivity contribution in [2.75, 3.05) is 19.4 Å². The molecule has 1 aromatic carbocycles. The number of thiocarbonyl (C=S) groups is 2. The van der Waals surface area contributed by atoms with Gasteiger partial charge >= 0.3 is 0 Å². The van der Waals surface area contributed by atoms with Crippen molar-refractivity contribution >= 4 is 64.0 Å². The SMILES string of the molecule is COc1c(N)cccc1C(CNC(=S)S)NC(=S)S. The van der Waals surface area contributed by atoms with Crippen molar-refractivity contribution in [1.29, 1.82) is 0 Å². The molecule has 0 saturated heterocycles. The Balaban J connectivity index is 3.05. The second kappa shape index (κ2) is 7.78. The van der Waals surface area contributed by atoms with Gasteiger partial charge in [0.2, 0.25) is 0 Å². The van der Waals surface area contributed by atoms with Gasteiger partial charge in [0.25, 0.3) is 0 Å². The van der Waals surface area contributed by atoms with E-state index in [1.54, 1.807) is 13.2 Å². The Hall–Kier alpha value is -0.700.